The Kier molecular flexibility index (Phi) is 12.1. The smallest absolute Gasteiger partial charge is 0.163 e. The topological polar surface area (TPSA) is 57.2 Å². The second-order valence-electron chi connectivity index (χ2n) is 6.84. The van der Waals surface area contributed by atoms with Crippen LogP contribution in [0.4, 0.5) is 0 Å². The van der Waals surface area contributed by atoms with Crippen LogP contribution < -0.4 is 18.9 Å². The molecule has 2 aromatic carbocycles. The van der Waals surface area contributed by atoms with E-state index in [9.17, 15) is 4.79 Å². The summed E-state index contributed by atoms with van der Waals surface area (Å²) in [4.78, 5) is 14.7. The van der Waals surface area contributed by atoms with Gasteiger partial charge in [-0.3, -0.25) is 4.79 Å². The van der Waals surface area contributed by atoms with E-state index >= 15 is 0 Å². The van der Waals surface area contributed by atoms with E-state index in [1.807, 2.05) is 26.0 Å². The molecule has 6 heteroatoms. The molecular weight excluding hydrogens is 394 g/mol. The van der Waals surface area contributed by atoms with Crippen LogP contribution in [-0.4, -0.2) is 59.3 Å². The number of Topliss-reactive ketones (excluding diaryl/α,β-unsaturated/α-hetero) is 1. The Morgan fingerprint density at radius 1 is 0.774 bits per heavy atom. The van der Waals surface area contributed by atoms with Crippen LogP contribution in [-0.2, 0) is 6.42 Å². The van der Waals surface area contributed by atoms with Crippen molar-refractivity contribution in [2.24, 2.45) is 0 Å². The van der Waals surface area contributed by atoms with Crippen LogP contribution in [0.1, 0.15) is 42.6 Å². The van der Waals surface area contributed by atoms with Crippen molar-refractivity contribution in [1.82, 2.24) is 4.90 Å². The zero-order chi connectivity index (χ0) is 23.2. The molecule has 0 saturated heterocycles. The fraction of sp³-hybridized carbons (Fsp3) is 0.480. The van der Waals surface area contributed by atoms with Crippen molar-refractivity contribution in [3.05, 3.63) is 47.5 Å². The Morgan fingerprint density at radius 3 is 1.90 bits per heavy atom. The van der Waals surface area contributed by atoms with Crippen molar-refractivity contribution in [3.63, 3.8) is 0 Å². The van der Waals surface area contributed by atoms with Crippen molar-refractivity contribution < 1.29 is 23.7 Å². The number of carbonyl (C=O) groups is 1. The molecule has 0 aliphatic rings. The van der Waals surface area contributed by atoms with E-state index in [0.717, 1.165) is 37.4 Å². The molecule has 0 aliphatic carbocycles. The maximum atomic E-state index is 12.5. The molecule has 0 spiro atoms. The molecule has 0 radical (unpaired) electrons. The first-order chi connectivity index (χ1) is 15.0. The molecule has 0 bridgehead atoms. The quantitative estimate of drug-likeness (QED) is 0.446. The van der Waals surface area contributed by atoms with Gasteiger partial charge in [0, 0.05) is 18.5 Å². The van der Waals surface area contributed by atoms with Crippen LogP contribution in [0, 0.1) is 0 Å². The molecule has 0 heterocycles. The number of carbonyl (C=O) groups excluding carboxylic acids is 1. The van der Waals surface area contributed by atoms with E-state index in [0.29, 0.717) is 23.5 Å². The van der Waals surface area contributed by atoms with E-state index in [1.54, 1.807) is 46.6 Å². The number of hydrogen-bond acceptors (Lipinski definition) is 6. The number of hydrogen-bond donors (Lipinski definition) is 0. The van der Waals surface area contributed by atoms with E-state index < -0.39 is 0 Å². The van der Waals surface area contributed by atoms with Gasteiger partial charge in [-0.15, -0.1) is 0 Å². The number of likely N-dealkylation sites (N-methyl/N-ethyl adjacent to an activating group) is 1. The Balaban J connectivity index is 0.00000233. The fourth-order valence-corrected chi connectivity index (χ4v) is 3.13. The highest BCUT2D eigenvalue weighted by molar-refractivity contribution is 5.96. The molecule has 0 aliphatic heterocycles. The minimum atomic E-state index is 0.110. The zero-order valence-corrected chi connectivity index (χ0v) is 20.0. The summed E-state index contributed by atoms with van der Waals surface area (Å²) in [6, 6.07) is 11.3. The highest BCUT2D eigenvalue weighted by atomic mass is 16.5. The minimum Gasteiger partial charge on any atom is -0.493 e. The van der Waals surface area contributed by atoms with Crippen molar-refractivity contribution in [3.8, 4) is 23.0 Å². The lowest BCUT2D eigenvalue weighted by Crippen LogP contribution is -2.23. The first-order valence-corrected chi connectivity index (χ1v) is 10.7. The molecule has 2 aromatic rings. The van der Waals surface area contributed by atoms with E-state index in [-0.39, 0.29) is 5.78 Å². The summed E-state index contributed by atoms with van der Waals surface area (Å²) >= 11 is 0. The maximum Gasteiger partial charge on any atom is 0.163 e. The average molecular weight is 432 g/mol. The van der Waals surface area contributed by atoms with Gasteiger partial charge >= 0.3 is 0 Å². The molecule has 31 heavy (non-hydrogen) atoms. The molecule has 2 rings (SSSR count). The molecule has 0 unspecified atom stereocenters. The van der Waals surface area contributed by atoms with Crippen LogP contribution in [0.25, 0.3) is 0 Å². The van der Waals surface area contributed by atoms with Crippen LogP contribution in [0.5, 0.6) is 23.0 Å². The number of ether oxygens (including phenoxy) is 4. The molecule has 0 aromatic heterocycles. The third-order valence-corrected chi connectivity index (χ3v) is 4.88. The van der Waals surface area contributed by atoms with Gasteiger partial charge in [0.05, 0.1) is 28.4 Å². The zero-order valence-electron chi connectivity index (χ0n) is 20.0. The lowest BCUT2D eigenvalue weighted by atomic mass is 10.1. The summed E-state index contributed by atoms with van der Waals surface area (Å²) in [5.74, 6) is 2.79. The third-order valence-electron chi connectivity index (χ3n) is 4.88. The highest BCUT2D eigenvalue weighted by Gasteiger charge is 2.11. The second-order valence-corrected chi connectivity index (χ2v) is 6.84. The molecule has 6 nitrogen and oxygen atoms in total. The van der Waals surface area contributed by atoms with Crippen molar-refractivity contribution in [2.75, 3.05) is 48.6 Å². The highest BCUT2D eigenvalue weighted by Crippen LogP contribution is 2.29. The molecule has 0 fully saturated rings. The SMILES string of the molecule is CC.COc1ccc(CCN(C)CCCC(=O)c2ccc(OC)c(OC)c2)cc1OC. The summed E-state index contributed by atoms with van der Waals surface area (Å²) in [6.45, 7) is 5.76. The number of nitrogens with zero attached hydrogens (tertiary/aromatic N) is 1. The summed E-state index contributed by atoms with van der Waals surface area (Å²) in [5.41, 5.74) is 1.84. The maximum absolute atomic E-state index is 12.5. The third kappa shape index (κ3) is 8.13. The van der Waals surface area contributed by atoms with Gasteiger partial charge < -0.3 is 23.8 Å². The number of benzene rings is 2. The first kappa shape index (κ1) is 26.3. The Hall–Kier alpha value is -2.73. The molecule has 0 amide bonds. The van der Waals surface area contributed by atoms with E-state index in [2.05, 4.69) is 18.0 Å². The summed E-state index contributed by atoms with van der Waals surface area (Å²) < 4.78 is 21.1. The van der Waals surface area contributed by atoms with Crippen LogP contribution in [0.3, 0.4) is 0 Å². The summed E-state index contributed by atoms with van der Waals surface area (Å²) in [7, 11) is 8.50. The fourth-order valence-electron chi connectivity index (χ4n) is 3.13. The molecule has 0 N–H and O–H groups in total. The van der Waals surface area contributed by atoms with Gasteiger partial charge in [0.1, 0.15) is 0 Å². The largest absolute Gasteiger partial charge is 0.493 e. The summed E-state index contributed by atoms with van der Waals surface area (Å²) in [6.07, 6.45) is 2.20. The Labute approximate surface area is 187 Å². The molecular formula is C25H37NO5. The average Bonchev–Trinajstić information content (AvgIpc) is 2.83. The normalized spacial score (nSPS) is 10.2. The number of ketones is 1. The van der Waals surface area contributed by atoms with Crippen LogP contribution in [0.2, 0.25) is 0 Å². The van der Waals surface area contributed by atoms with Gasteiger partial charge in [0.2, 0.25) is 0 Å². The van der Waals surface area contributed by atoms with E-state index in [1.165, 1.54) is 5.56 Å². The lowest BCUT2D eigenvalue weighted by Gasteiger charge is -2.17. The minimum absolute atomic E-state index is 0.110. The molecule has 172 valence electrons. The van der Waals surface area contributed by atoms with E-state index in [4.69, 9.17) is 18.9 Å². The predicted molar refractivity (Wildman–Crippen MR) is 125 cm³/mol. The van der Waals surface area contributed by atoms with Crippen molar-refractivity contribution in [2.45, 2.75) is 33.1 Å². The van der Waals surface area contributed by atoms with Crippen molar-refractivity contribution >= 4 is 5.78 Å². The monoisotopic (exact) mass is 431 g/mol. The molecule has 0 saturated carbocycles. The standard InChI is InChI=1S/C23H31NO5.C2H6/c1-24(14-12-17-8-10-20(26-2)22(15-17)28-4)13-6-7-19(25)18-9-11-21(27-3)23(16-18)29-5;1-2/h8-11,15-16H,6-7,12-14H2,1-5H3;1-2H3. The van der Waals surface area contributed by atoms with Gasteiger partial charge in [0.25, 0.3) is 0 Å². The van der Waals surface area contributed by atoms with Gasteiger partial charge in [0.15, 0.2) is 28.8 Å². The van der Waals surface area contributed by atoms with Gasteiger partial charge in [-0.2, -0.15) is 0 Å². The predicted octanol–water partition coefficient (Wildman–Crippen LogP) is 4.88. The van der Waals surface area contributed by atoms with Crippen LogP contribution >= 0.6 is 0 Å². The van der Waals surface area contributed by atoms with Gasteiger partial charge in [-0.25, -0.2) is 0 Å². The Morgan fingerprint density at radius 2 is 1.32 bits per heavy atom. The lowest BCUT2D eigenvalue weighted by molar-refractivity contribution is 0.0976. The first-order valence-electron chi connectivity index (χ1n) is 10.7. The number of methoxy groups -OCH3 is 4. The van der Waals surface area contributed by atoms with Gasteiger partial charge in [-0.1, -0.05) is 19.9 Å². The second kappa shape index (κ2) is 14.3. The Bertz CT molecular complexity index is 806. The van der Waals surface area contributed by atoms with Gasteiger partial charge in [-0.05, 0) is 62.3 Å². The number of rotatable bonds is 12. The van der Waals surface area contributed by atoms with Crippen molar-refractivity contribution in [1.29, 1.82) is 0 Å². The van der Waals surface area contributed by atoms with Crippen LogP contribution in [0.15, 0.2) is 36.4 Å². The summed E-state index contributed by atoms with van der Waals surface area (Å²) in [5, 5.41) is 0. The molecule has 0 atom stereocenters.